The zero-order valence-electron chi connectivity index (χ0n) is 15.9. The van der Waals surface area contributed by atoms with Crippen molar-refractivity contribution in [2.45, 2.75) is 13.8 Å². The number of anilines is 1. The van der Waals surface area contributed by atoms with Gasteiger partial charge >= 0.3 is 0 Å². The van der Waals surface area contributed by atoms with E-state index in [4.69, 9.17) is 9.47 Å². The molecule has 0 radical (unpaired) electrons. The second-order valence-corrected chi connectivity index (χ2v) is 7.64. The average molecular weight is 406 g/mol. The predicted molar refractivity (Wildman–Crippen MR) is 111 cm³/mol. The molecule has 4 heterocycles. The maximum absolute atomic E-state index is 12.9. The Labute approximate surface area is 171 Å². The molecule has 0 fully saturated rings. The van der Waals surface area contributed by atoms with Gasteiger partial charge in [-0.2, -0.15) is 0 Å². The Morgan fingerprint density at radius 1 is 1.14 bits per heavy atom. The number of hydrogen-bond donors (Lipinski definition) is 1. The Kier molecular flexibility index (Phi) is 4.21. The van der Waals surface area contributed by atoms with Crippen LogP contribution >= 0.6 is 11.3 Å². The fourth-order valence-electron chi connectivity index (χ4n) is 3.41. The first-order valence-electron chi connectivity index (χ1n) is 9.21. The lowest BCUT2D eigenvalue weighted by Crippen LogP contribution is -2.15. The maximum Gasteiger partial charge on any atom is 0.276 e. The molecule has 1 aromatic carbocycles. The van der Waals surface area contributed by atoms with Crippen LogP contribution in [0.1, 0.15) is 21.7 Å². The number of rotatable bonds is 3. The molecule has 7 nitrogen and oxygen atoms in total. The van der Waals surface area contributed by atoms with Gasteiger partial charge in [0.15, 0.2) is 16.6 Å². The molecule has 0 unspecified atom stereocenters. The van der Waals surface area contributed by atoms with Gasteiger partial charge in [-0.25, -0.2) is 9.97 Å². The summed E-state index contributed by atoms with van der Waals surface area (Å²) in [6.45, 7) is 4.90. The number of benzene rings is 1. The summed E-state index contributed by atoms with van der Waals surface area (Å²) in [5.41, 5.74) is 4.68. The van der Waals surface area contributed by atoms with Crippen molar-refractivity contribution in [3.8, 4) is 22.8 Å². The molecule has 1 N–H and O–H groups in total. The number of nitrogens with one attached hydrogen (secondary N) is 1. The standard InChI is InChI=1S/C21H18N4O3S/c1-12-4-3-7-25-18(13(2)22-19(12)25)20(26)24-21-23-15(11-29-21)14-5-6-16-17(10-14)28-9-8-27-16/h3-7,10-11H,8-9H2,1-2H3,(H,23,24,26). The van der Waals surface area contributed by atoms with Crippen LogP contribution < -0.4 is 14.8 Å². The molecule has 0 atom stereocenters. The van der Waals surface area contributed by atoms with Crippen LogP contribution in [0.4, 0.5) is 5.13 Å². The number of amides is 1. The molecule has 146 valence electrons. The van der Waals surface area contributed by atoms with Crippen LogP contribution in [0, 0.1) is 13.8 Å². The van der Waals surface area contributed by atoms with Gasteiger partial charge in [0.2, 0.25) is 0 Å². The van der Waals surface area contributed by atoms with Gasteiger partial charge < -0.3 is 9.47 Å². The third-order valence-electron chi connectivity index (χ3n) is 4.80. The number of aryl methyl sites for hydroxylation is 2. The van der Waals surface area contributed by atoms with E-state index in [2.05, 4.69) is 15.3 Å². The number of fused-ring (bicyclic) bond motifs is 2. The summed E-state index contributed by atoms with van der Waals surface area (Å²) in [6.07, 6.45) is 1.85. The number of carbonyl (C=O) groups excluding carboxylic acids is 1. The number of imidazole rings is 1. The van der Waals surface area contributed by atoms with Crippen LogP contribution in [0.25, 0.3) is 16.9 Å². The Hall–Kier alpha value is -3.39. The molecule has 0 saturated carbocycles. The molecule has 0 saturated heterocycles. The fourth-order valence-corrected chi connectivity index (χ4v) is 4.13. The van der Waals surface area contributed by atoms with Crippen molar-refractivity contribution in [1.82, 2.24) is 14.4 Å². The predicted octanol–water partition coefficient (Wildman–Crippen LogP) is 4.10. The molecule has 4 aromatic rings. The summed E-state index contributed by atoms with van der Waals surface area (Å²) < 4.78 is 13.0. The molecule has 3 aromatic heterocycles. The summed E-state index contributed by atoms with van der Waals surface area (Å²) in [7, 11) is 0. The van der Waals surface area contributed by atoms with Crippen molar-refractivity contribution in [3.63, 3.8) is 0 Å². The highest BCUT2D eigenvalue weighted by molar-refractivity contribution is 7.14. The van der Waals surface area contributed by atoms with Gasteiger partial charge in [0, 0.05) is 17.1 Å². The van der Waals surface area contributed by atoms with Gasteiger partial charge in [0.1, 0.15) is 24.6 Å². The van der Waals surface area contributed by atoms with Crippen LogP contribution in [-0.4, -0.2) is 33.5 Å². The van der Waals surface area contributed by atoms with Crippen LogP contribution in [-0.2, 0) is 0 Å². The molecule has 0 spiro atoms. The smallest absolute Gasteiger partial charge is 0.276 e. The van der Waals surface area contributed by atoms with E-state index >= 15 is 0 Å². The number of thiazole rings is 1. The van der Waals surface area contributed by atoms with Crippen molar-refractivity contribution >= 4 is 28.0 Å². The summed E-state index contributed by atoms with van der Waals surface area (Å²) >= 11 is 1.38. The van der Waals surface area contributed by atoms with Gasteiger partial charge in [-0.15, -0.1) is 11.3 Å². The normalized spacial score (nSPS) is 12.9. The number of nitrogens with zero attached hydrogens (tertiary/aromatic N) is 3. The Morgan fingerprint density at radius 2 is 1.97 bits per heavy atom. The van der Waals surface area contributed by atoms with E-state index in [0.717, 1.165) is 28.2 Å². The van der Waals surface area contributed by atoms with Crippen LogP contribution in [0.15, 0.2) is 41.9 Å². The number of aromatic nitrogens is 3. The lowest BCUT2D eigenvalue weighted by molar-refractivity contribution is 0.102. The lowest BCUT2D eigenvalue weighted by Gasteiger charge is -2.18. The Morgan fingerprint density at radius 3 is 2.83 bits per heavy atom. The van der Waals surface area contributed by atoms with E-state index in [1.54, 1.807) is 0 Å². The summed E-state index contributed by atoms with van der Waals surface area (Å²) in [5, 5.41) is 5.34. The fraction of sp³-hybridized carbons (Fsp3) is 0.190. The molecule has 8 heteroatoms. The van der Waals surface area contributed by atoms with Crippen molar-refractivity contribution in [2.75, 3.05) is 18.5 Å². The first-order chi connectivity index (χ1) is 14.1. The summed E-state index contributed by atoms with van der Waals surface area (Å²) in [5.74, 6) is 1.22. The highest BCUT2D eigenvalue weighted by Gasteiger charge is 2.19. The molecular formula is C21H18N4O3S. The summed E-state index contributed by atoms with van der Waals surface area (Å²) in [6, 6.07) is 9.61. The van der Waals surface area contributed by atoms with E-state index in [1.165, 1.54) is 11.3 Å². The van der Waals surface area contributed by atoms with Crippen LogP contribution in [0.2, 0.25) is 0 Å². The van der Waals surface area contributed by atoms with Gasteiger partial charge in [-0.05, 0) is 43.7 Å². The third kappa shape index (κ3) is 3.11. The van der Waals surface area contributed by atoms with Crippen molar-refractivity contribution in [3.05, 3.63) is 58.9 Å². The van der Waals surface area contributed by atoms with Gasteiger partial charge in [-0.3, -0.25) is 14.5 Å². The van der Waals surface area contributed by atoms with E-state index in [0.29, 0.717) is 35.5 Å². The second kappa shape index (κ2) is 6.89. The highest BCUT2D eigenvalue weighted by atomic mass is 32.1. The Bertz CT molecular complexity index is 1240. The molecule has 1 amide bonds. The van der Waals surface area contributed by atoms with Gasteiger partial charge in [0.05, 0.1) is 11.4 Å². The van der Waals surface area contributed by atoms with Crippen LogP contribution in [0.5, 0.6) is 11.5 Å². The van der Waals surface area contributed by atoms with Crippen LogP contribution in [0.3, 0.4) is 0 Å². The minimum Gasteiger partial charge on any atom is -0.486 e. The Balaban J connectivity index is 1.41. The first-order valence-corrected chi connectivity index (χ1v) is 10.1. The van der Waals surface area contributed by atoms with E-state index in [-0.39, 0.29) is 5.91 Å². The molecule has 1 aliphatic heterocycles. The average Bonchev–Trinajstić information content (AvgIpc) is 3.32. The number of ether oxygens (including phenoxy) is 2. The zero-order chi connectivity index (χ0) is 20.0. The number of pyridine rings is 1. The molecule has 0 bridgehead atoms. The zero-order valence-corrected chi connectivity index (χ0v) is 16.7. The molecule has 0 aliphatic carbocycles. The quantitative estimate of drug-likeness (QED) is 0.554. The topological polar surface area (TPSA) is 77.8 Å². The third-order valence-corrected chi connectivity index (χ3v) is 5.55. The number of carbonyl (C=O) groups is 1. The largest absolute Gasteiger partial charge is 0.486 e. The first kappa shape index (κ1) is 17.7. The molecule has 29 heavy (non-hydrogen) atoms. The highest BCUT2D eigenvalue weighted by Crippen LogP contribution is 2.35. The molecule has 5 rings (SSSR count). The minimum absolute atomic E-state index is 0.233. The number of hydrogen-bond acceptors (Lipinski definition) is 6. The second-order valence-electron chi connectivity index (χ2n) is 6.78. The van der Waals surface area contributed by atoms with E-state index in [9.17, 15) is 4.79 Å². The van der Waals surface area contributed by atoms with Crippen molar-refractivity contribution in [1.29, 1.82) is 0 Å². The molecular weight excluding hydrogens is 388 g/mol. The van der Waals surface area contributed by atoms with E-state index in [1.807, 2.05) is 60.2 Å². The maximum atomic E-state index is 12.9. The van der Waals surface area contributed by atoms with Gasteiger partial charge in [0.25, 0.3) is 5.91 Å². The lowest BCUT2D eigenvalue weighted by atomic mass is 10.1. The molecule has 1 aliphatic rings. The minimum atomic E-state index is -0.233. The monoisotopic (exact) mass is 406 g/mol. The van der Waals surface area contributed by atoms with Gasteiger partial charge in [-0.1, -0.05) is 6.07 Å². The van der Waals surface area contributed by atoms with Crippen molar-refractivity contribution < 1.29 is 14.3 Å². The van der Waals surface area contributed by atoms with E-state index < -0.39 is 0 Å². The summed E-state index contributed by atoms with van der Waals surface area (Å²) in [4.78, 5) is 22.0. The van der Waals surface area contributed by atoms with Crippen molar-refractivity contribution in [2.24, 2.45) is 0 Å². The SMILES string of the molecule is Cc1nc2c(C)cccn2c1C(=O)Nc1nc(-c2ccc3c(c2)OCCO3)cs1.